The van der Waals surface area contributed by atoms with E-state index in [1.807, 2.05) is 56.4 Å². The van der Waals surface area contributed by atoms with Gasteiger partial charge in [-0.25, -0.2) is 13.1 Å². The summed E-state index contributed by atoms with van der Waals surface area (Å²) in [6, 6.07) is 16.4. The molecule has 2 fully saturated rings. The second-order valence-corrected chi connectivity index (χ2v) is 12.7. The minimum absolute atomic E-state index is 0.180. The van der Waals surface area contributed by atoms with Crippen molar-refractivity contribution in [2.75, 3.05) is 20.1 Å². The summed E-state index contributed by atoms with van der Waals surface area (Å²) in [7, 11) is -2.09. The molecule has 2 aliphatic rings. The van der Waals surface area contributed by atoms with E-state index in [2.05, 4.69) is 0 Å². The summed E-state index contributed by atoms with van der Waals surface area (Å²) < 4.78 is 36.5. The average molecular weight is 555 g/mol. The van der Waals surface area contributed by atoms with Crippen molar-refractivity contribution in [3.63, 3.8) is 0 Å². The number of morpholine rings is 1. The Hall–Kier alpha value is -2.83. The second kappa shape index (κ2) is 10.1. The van der Waals surface area contributed by atoms with Crippen LogP contribution >= 0.6 is 24.0 Å². The highest BCUT2D eigenvalue weighted by molar-refractivity contribution is 8.26. The van der Waals surface area contributed by atoms with Gasteiger partial charge in [-0.2, -0.15) is 9.40 Å². The molecule has 1 aromatic heterocycles. The van der Waals surface area contributed by atoms with E-state index in [-0.39, 0.29) is 23.0 Å². The monoisotopic (exact) mass is 554 g/mol. The van der Waals surface area contributed by atoms with Crippen molar-refractivity contribution in [1.29, 1.82) is 0 Å². The first-order valence-electron chi connectivity index (χ1n) is 11.8. The van der Waals surface area contributed by atoms with Gasteiger partial charge >= 0.3 is 0 Å². The number of amides is 1. The Morgan fingerprint density at radius 2 is 1.78 bits per heavy atom. The van der Waals surface area contributed by atoms with Crippen LogP contribution < -0.4 is 0 Å². The third-order valence-corrected chi connectivity index (χ3v) is 9.48. The fourth-order valence-electron chi connectivity index (χ4n) is 4.40. The Balaban J connectivity index is 1.59. The lowest BCUT2D eigenvalue weighted by Crippen LogP contribution is -2.48. The highest BCUT2D eigenvalue weighted by Gasteiger charge is 2.33. The molecule has 3 heterocycles. The fraction of sp³-hybridized carbons (Fsp3) is 0.269. The summed E-state index contributed by atoms with van der Waals surface area (Å²) in [6.45, 7) is 4.33. The van der Waals surface area contributed by atoms with Gasteiger partial charge in [-0.3, -0.25) is 9.69 Å². The van der Waals surface area contributed by atoms with Crippen LogP contribution in [0.4, 0.5) is 0 Å². The molecule has 0 aliphatic carbocycles. The zero-order chi connectivity index (χ0) is 26.3. The van der Waals surface area contributed by atoms with Gasteiger partial charge in [0, 0.05) is 37.5 Å². The predicted octanol–water partition coefficient (Wildman–Crippen LogP) is 4.17. The van der Waals surface area contributed by atoms with Gasteiger partial charge in [-0.1, -0.05) is 54.3 Å². The van der Waals surface area contributed by atoms with Gasteiger partial charge < -0.3 is 4.74 Å². The largest absolute Gasteiger partial charge is 0.373 e. The molecule has 2 saturated heterocycles. The third-order valence-electron chi connectivity index (χ3n) is 6.17. The van der Waals surface area contributed by atoms with E-state index in [1.54, 1.807) is 36.0 Å². The molecule has 3 aromatic rings. The first-order valence-corrected chi connectivity index (χ1v) is 14.4. The minimum atomic E-state index is -3.74. The van der Waals surface area contributed by atoms with Gasteiger partial charge in [0.15, 0.2) is 0 Å². The van der Waals surface area contributed by atoms with Crippen molar-refractivity contribution in [1.82, 2.24) is 19.0 Å². The van der Waals surface area contributed by atoms with Crippen LogP contribution in [-0.2, 0) is 19.6 Å². The molecule has 11 heteroatoms. The molecule has 1 amide bonds. The van der Waals surface area contributed by atoms with E-state index in [0.717, 1.165) is 5.69 Å². The lowest BCUT2D eigenvalue weighted by molar-refractivity contribution is -0.121. The van der Waals surface area contributed by atoms with E-state index in [4.69, 9.17) is 22.1 Å². The second-order valence-electron chi connectivity index (χ2n) is 9.06. The number of hydrogen-bond donors (Lipinski definition) is 0. The van der Waals surface area contributed by atoms with Crippen molar-refractivity contribution in [2.45, 2.75) is 31.0 Å². The normalized spacial score (nSPS) is 22.2. The van der Waals surface area contributed by atoms with Crippen LogP contribution in [0.25, 0.3) is 23.0 Å². The number of likely N-dealkylation sites (N-methyl/N-ethyl adjacent to an activating group) is 1. The van der Waals surface area contributed by atoms with Crippen LogP contribution in [0.5, 0.6) is 0 Å². The van der Waals surface area contributed by atoms with Crippen molar-refractivity contribution in [3.8, 4) is 16.9 Å². The molecular formula is C26H26N4O4S3. The summed E-state index contributed by atoms with van der Waals surface area (Å²) >= 11 is 6.51. The number of para-hydroxylation sites is 1. The van der Waals surface area contributed by atoms with Crippen molar-refractivity contribution in [3.05, 3.63) is 71.3 Å². The van der Waals surface area contributed by atoms with Gasteiger partial charge in [-0.05, 0) is 44.2 Å². The summed E-state index contributed by atoms with van der Waals surface area (Å²) in [5.41, 5.74) is 2.71. The van der Waals surface area contributed by atoms with E-state index in [9.17, 15) is 13.2 Å². The molecule has 8 nitrogen and oxygen atoms in total. The molecule has 0 unspecified atom stereocenters. The Kier molecular flexibility index (Phi) is 7.08. The number of nitrogens with zero attached hydrogens (tertiary/aromatic N) is 4. The molecule has 0 spiro atoms. The van der Waals surface area contributed by atoms with Gasteiger partial charge in [0.1, 0.15) is 10.0 Å². The van der Waals surface area contributed by atoms with Crippen molar-refractivity contribution in [2.24, 2.45) is 0 Å². The van der Waals surface area contributed by atoms with E-state index < -0.39 is 10.0 Å². The topological polar surface area (TPSA) is 84.7 Å². The minimum Gasteiger partial charge on any atom is -0.373 e. The Labute approximate surface area is 226 Å². The summed E-state index contributed by atoms with van der Waals surface area (Å²) in [5, 5.41) is 4.79. The number of ether oxygens (including phenoxy) is 1. The van der Waals surface area contributed by atoms with Crippen LogP contribution in [-0.4, -0.2) is 70.0 Å². The maximum absolute atomic E-state index is 13.5. The SMILES string of the molecule is C[C@@H]1CN(S(=O)(=O)c2cccc(-c3nn(-c4ccccc4)cc3/C=C3\SC(=S)N(C)C3=O)c2)C[C@H](C)O1. The highest BCUT2D eigenvalue weighted by Crippen LogP contribution is 2.35. The summed E-state index contributed by atoms with van der Waals surface area (Å²) in [4.78, 5) is 14.8. The highest BCUT2D eigenvalue weighted by atomic mass is 32.2. The zero-order valence-corrected chi connectivity index (χ0v) is 23.0. The standard InChI is InChI=1S/C26H26N4O4S3/c1-17-14-29(15-18(2)34-17)37(32,33)22-11-7-8-19(12-22)24-20(13-23-25(31)28(3)26(35)36-23)16-30(27-24)21-9-5-4-6-10-21/h4-13,16-18H,14-15H2,1-3H3/b23-13-/t17-,18+. The number of benzene rings is 2. The van der Waals surface area contributed by atoms with Crippen molar-refractivity contribution < 1.29 is 17.9 Å². The number of thioether (sulfide) groups is 1. The molecule has 2 atom stereocenters. The van der Waals surface area contributed by atoms with E-state index >= 15 is 0 Å². The van der Waals surface area contributed by atoms with Crippen LogP contribution in [0.3, 0.4) is 0 Å². The smallest absolute Gasteiger partial charge is 0.265 e. The molecule has 0 radical (unpaired) electrons. The van der Waals surface area contributed by atoms with Gasteiger partial charge in [0.2, 0.25) is 10.0 Å². The lowest BCUT2D eigenvalue weighted by Gasteiger charge is -2.34. The van der Waals surface area contributed by atoms with Crippen molar-refractivity contribution >= 4 is 50.3 Å². The number of sulfonamides is 1. The van der Waals surface area contributed by atoms with E-state index in [1.165, 1.54) is 21.0 Å². The molecule has 2 aromatic carbocycles. The lowest BCUT2D eigenvalue weighted by atomic mass is 10.1. The zero-order valence-electron chi connectivity index (χ0n) is 20.6. The summed E-state index contributed by atoms with van der Waals surface area (Å²) in [6.07, 6.45) is 3.22. The third kappa shape index (κ3) is 5.14. The Morgan fingerprint density at radius 1 is 1.08 bits per heavy atom. The number of aromatic nitrogens is 2. The predicted molar refractivity (Wildman–Crippen MR) is 149 cm³/mol. The molecule has 0 saturated carbocycles. The quantitative estimate of drug-likeness (QED) is 0.346. The first kappa shape index (κ1) is 25.8. The molecular weight excluding hydrogens is 529 g/mol. The summed E-state index contributed by atoms with van der Waals surface area (Å²) in [5.74, 6) is -0.180. The molecule has 0 bridgehead atoms. The number of carbonyl (C=O) groups is 1. The number of rotatable bonds is 5. The van der Waals surface area contributed by atoms with Crippen LogP contribution in [0, 0.1) is 0 Å². The van der Waals surface area contributed by atoms with Gasteiger partial charge in [0.05, 0.1) is 27.7 Å². The van der Waals surface area contributed by atoms with Crippen LogP contribution in [0.1, 0.15) is 19.4 Å². The first-order chi connectivity index (χ1) is 17.6. The number of carbonyl (C=O) groups excluding carboxylic acids is 1. The van der Waals surface area contributed by atoms with Crippen LogP contribution in [0.15, 0.2) is 70.6 Å². The van der Waals surface area contributed by atoms with Gasteiger partial charge in [0.25, 0.3) is 5.91 Å². The molecule has 0 N–H and O–H groups in total. The maximum atomic E-state index is 13.5. The molecule has 37 heavy (non-hydrogen) atoms. The average Bonchev–Trinajstić information content (AvgIpc) is 3.41. The Bertz CT molecular complexity index is 1490. The van der Waals surface area contributed by atoms with E-state index in [0.29, 0.717) is 39.1 Å². The molecule has 2 aliphatic heterocycles. The number of thiocarbonyl (C=S) groups is 1. The van der Waals surface area contributed by atoms with Crippen LogP contribution in [0.2, 0.25) is 0 Å². The molecule has 5 rings (SSSR count). The maximum Gasteiger partial charge on any atom is 0.265 e. The Morgan fingerprint density at radius 3 is 2.43 bits per heavy atom. The number of hydrogen-bond acceptors (Lipinski definition) is 7. The molecule has 192 valence electrons. The fourth-order valence-corrected chi connectivity index (χ4v) is 7.20. The van der Waals surface area contributed by atoms with Gasteiger partial charge in [-0.15, -0.1) is 0 Å².